The molecule has 0 aliphatic heterocycles. The highest BCUT2D eigenvalue weighted by molar-refractivity contribution is 7.18. The number of carbonyl (C=O) groups excluding carboxylic acids is 1. The summed E-state index contributed by atoms with van der Waals surface area (Å²) in [7, 11) is 0. The summed E-state index contributed by atoms with van der Waals surface area (Å²) in [6, 6.07) is 6.63. The molecule has 0 aliphatic carbocycles. The fourth-order valence-electron chi connectivity index (χ4n) is 2.35. The topological polar surface area (TPSA) is 107 Å². The number of amides is 1. The van der Waals surface area contributed by atoms with Gasteiger partial charge in [-0.2, -0.15) is 5.10 Å². The van der Waals surface area contributed by atoms with Gasteiger partial charge in [-0.1, -0.05) is 12.1 Å². The van der Waals surface area contributed by atoms with Gasteiger partial charge in [0.25, 0.3) is 5.56 Å². The Hall–Kier alpha value is -3.00. The van der Waals surface area contributed by atoms with Crippen molar-refractivity contribution in [2.45, 2.75) is 20.3 Å². The molecule has 0 spiro atoms. The lowest BCUT2D eigenvalue weighted by atomic mass is 10.2. The van der Waals surface area contributed by atoms with Gasteiger partial charge in [0.05, 0.1) is 18.0 Å². The van der Waals surface area contributed by atoms with Gasteiger partial charge < -0.3 is 10.1 Å². The van der Waals surface area contributed by atoms with Crippen LogP contribution in [0.3, 0.4) is 0 Å². The van der Waals surface area contributed by atoms with Crippen molar-refractivity contribution >= 4 is 33.7 Å². The van der Waals surface area contributed by atoms with E-state index in [0.29, 0.717) is 15.8 Å². The summed E-state index contributed by atoms with van der Waals surface area (Å²) in [6.45, 7) is 3.81. The molecule has 0 saturated heterocycles. The molecule has 0 aliphatic rings. The predicted molar refractivity (Wildman–Crippen MR) is 97.3 cm³/mol. The fourth-order valence-corrected chi connectivity index (χ4v) is 3.39. The van der Waals surface area contributed by atoms with Gasteiger partial charge in [0.15, 0.2) is 0 Å². The summed E-state index contributed by atoms with van der Waals surface area (Å²) in [5.41, 5.74) is 3.51. The molecule has 3 N–H and O–H groups in total. The monoisotopic (exact) mass is 356 g/mol. The largest absolute Gasteiger partial charge is 0.507 e. The van der Waals surface area contributed by atoms with E-state index in [9.17, 15) is 14.7 Å². The first-order chi connectivity index (χ1) is 12.0. The third-order valence-electron chi connectivity index (χ3n) is 3.75. The molecule has 2 aromatic heterocycles. The zero-order valence-corrected chi connectivity index (χ0v) is 14.5. The molecule has 1 amide bonds. The Morgan fingerprint density at radius 1 is 1.40 bits per heavy atom. The lowest BCUT2D eigenvalue weighted by Gasteiger charge is -2.01. The van der Waals surface area contributed by atoms with Gasteiger partial charge in [0, 0.05) is 10.4 Å². The number of aromatic amines is 1. The van der Waals surface area contributed by atoms with Crippen LogP contribution in [0.5, 0.6) is 5.75 Å². The normalized spacial score (nSPS) is 11.3. The molecular weight excluding hydrogens is 340 g/mol. The number of benzene rings is 1. The second kappa shape index (κ2) is 6.86. The van der Waals surface area contributed by atoms with Crippen molar-refractivity contribution in [2.75, 3.05) is 0 Å². The third kappa shape index (κ3) is 3.58. The van der Waals surface area contributed by atoms with Crippen molar-refractivity contribution in [1.29, 1.82) is 0 Å². The average molecular weight is 356 g/mol. The summed E-state index contributed by atoms with van der Waals surface area (Å²) in [5.74, 6) is -0.0615. The molecule has 0 saturated carbocycles. The smallest absolute Gasteiger partial charge is 0.259 e. The summed E-state index contributed by atoms with van der Waals surface area (Å²) in [5, 5.41) is 14.0. The highest BCUT2D eigenvalue weighted by Crippen LogP contribution is 2.25. The number of hydrogen-bond acceptors (Lipinski definition) is 6. The van der Waals surface area contributed by atoms with Gasteiger partial charge in [0.2, 0.25) is 5.91 Å². The van der Waals surface area contributed by atoms with Crippen molar-refractivity contribution < 1.29 is 9.90 Å². The molecule has 0 atom stereocenters. The molecule has 8 heteroatoms. The first-order valence-electron chi connectivity index (χ1n) is 7.54. The van der Waals surface area contributed by atoms with Crippen LogP contribution in [-0.2, 0) is 11.2 Å². The SMILES string of the molecule is Cc1sc2nc(CC(=O)N/N=C/c3ccccc3O)[nH]c(=O)c2c1C. The van der Waals surface area contributed by atoms with E-state index < -0.39 is 5.91 Å². The maximum absolute atomic E-state index is 12.2. The number of hydrogen-bond donors (Lipinski definition) is 3. The summed E-state index contributed by atoms with van der Waals surface area (Å²) in [4.78, 5) is 32.8. The van der Waals surface area contributed by atoms with E-state index >= 15 is 0 Å². The number of thiophene rings is 1. The van der Waals surface area contributed by atoms with E-state index in [2.05, 4.69) is 20.5 Å². The minimum absolute atomic E-state index is 0.0698. The number of rotatable bonds is 4. The molecule has 128 valence electrons. The first kappa shape index (κ1) is 16.8. The van der Waals surface area contributed by atoms with E-state index in [1.54, 1.807) is 18.2 Å². The molecule has 0 unspecified atom stereocenters. The number of phenols is 1. The highest BCUT2D eigenvalue weighted by atomic mass is 32.1. The van der Waals surface area contributed by atoms with E-state index in [0.717, 1.165) is 10.4 Å². The molecule has 0 fully saturated rings. The number of aromatic nitrogens is 2. The van der Waals surface area contributed by atoms with Crippen molar-refractivity contribution in [1.82, 2.24) is 15.4 Å². The van der Waals surface area contributed by atoms with Gasteiger partial charge in [-0.15, -0.1) is 11.3 Å². The van der Waals surface area contributed by atoms with Crippen LogP contribution in [0.2, 0.25) is 0 Å². The van der Waals surface area contributed by atoms with Crippen LogP contribution in [-0.4, -0.2) is 27.2 Å². The fraction of sp³-hybridized carbons (Fsp3) is 0.176. The van der Waals surface area contributed by atoms with Gasteiger partial charge in [-0.05, 0) is 31.5 Å². The molecule has 2 heterocycles. The van der Waals surface area contributed by atoms with Gasteiger partial charge in [-0.25, -0.2) is 10.4 Å². The van der Waals surface area contributed by atoms with Crippen LogP contribution in [0.15, 0.2) is 34.2 Å². The Morgan fingerprint density at radius 2 is 2.16 bits per heavy atom. The molecule has 25 heavy (non-hydrogen) atoms. The number of para-hydroxylation sites is 1. The lowest BCUT2D eigenvalue weighted by Crippen LogP contribution is -2.23. The number of hydrazone groups is 1. The molecule has 3 rings (SSSR count). The molecule has 0 bridgehead atoms. The number of fused-ring (bicyclic) bond motifs is 1. The standard InChI is InChI=1S/C17H16N4O3S/c1-9-10(2)25-17-15(9)16(24)19-13(20-17)7-14(23)21-18-8-11-5-3-4-6-12(11)22/h3-6,8,22H,7H2,1-2H3,(H,21,23)(H,19,20,24)/b18-8+. The van der Waals surface area contributed by atoms with Gasteiger partial charge in [-0.3, -0.25) is 9.59 Å². The van der Waals surface area contributed by atoms with Crippen LogP contribution in [0.25, 0.3) is 10.2 Å². The molecule has 1 aromatic carbocycles. The number of aromatic hydroxyl groups is 1. The van der Waals surface area contributed by atoms with Crippen LogP contribution >= 0.6 is 11.3 Å². The number of aryl methyl sites for hydroxylation is 2. The lowest BCUT2D eigenvalue weighted by molar-refractivity contribution is -0.120. The summed E-state index contributed by atoms with van der Waals surface area (Å²) >= 11 is 1.43. The maximum atomic E-state index is 12.2. The molecule has 0 radical (unpaired) electrons. The number of nitrogens with one attached hydrogen (secondary N) is 2. The number of H-pyrrole nitrogens is 1. The molecule has 3 aromatic rings. The average Bonchev–Trinajstić information content (AvgIpc) is 2.84. The van der Waals surface area contributed by atoms with E-state index in [1.807, 2.05) is 13.8 Å². The molecule has 7 nitrogen and oxygen atoms in total. The Bertz CT molecular complexity index is 1040. The third-order valence-corrected chi connectivity index (χ3v) is 4.85. The summed E-state index contributed by atoms with van der Waals surface area (Å²) in [6.07, 6.45) is 1.25. The Labute approximate surface area is 147 Å². The number of carbonyl (C=O) groups is 1. The van der Waals surface area contributed by atoms with Crippen LogP contribution in [0, 0.1) is 13.8 Å². The Kier molecular flexibility index (Phi) is 4.62. The van der Waals surface area contributed by atoms with Crippen LogP contribution < -0.4 is 11.0 Å². The Balaban J connectivity index is 1.72. The minimum atomic E-state index is -0.417. The number of phenolic OH excluding ortho intramolecular Hbond substituents is 1. The predicted octanol–water partition coefficient (Wildman–Crippen LogP) is 2.00. The molecular formula is C17H16N4O3S. The zero-order valence-electron chi connectivity index (χ0n) is 13.7. The van der Waals surface area contributed by atoms with Crippen molar-refractivity contribution in [2.24, 2.45) is 5.10 Å². The quantitative estimate of drug-likeness (QED) is 0.491. The number of nitrogens with zero attached hydrogens (tertiary/aromatic N) is 2. The highest BCUT2D eigenvalue weighted by Gasteiger charge is 2.13. The Morgan fingerprint density at radius 3 is 2.92 bits per heavy atom. The zero-order chi connectivity index (χ0) is 18.0. The second-order valence-electron chi connectivity index (χ2n) is 5.50. The second-order valence-corrected chi connectivity index (χ2v) is 6.71. The maximum Gasteiger partial charge on any atom is 0.259 e. The summed E-state index contributed by atoms with van der Waals surface area (Å²) < 4.78 is 0. The van der Waals surface area contributed by atoms with Gasteiger partial charge in [0.1, 0.15) is 16.4 Å². The van der Waals surface area contributed by atoms with E-state index in [-0.39, 0.29) is 23.6 Å². The van der Waals surface area contributed by atoms with Crippen molar-refractivity contribution in [3.63, 3.8) is 0 Å². The van der Waals surface area contributed by atoms with Gasteiger partial charge >= 0.3 is 0 Å². The van der Waals surface area contributed by atoms with E-state index in [4.69, 9.17) is 0 Å². The first-order valence-corrected chi connectivity index (χ1v) is 8.36. The van der Waals surface area contributed by atoms with Crippen molar-refractivity contribution in [3.8, 4) is 5.75 Å². The minimum Gasteiger partial charge on any atom is -0.507 e. The van der Waals surface area contributed by atoms with E-state index in [1.165, 1.54) is 23.6 Å². The van der Waals surface area contributed by atoms with Crippen LogP contribution in [0.4, 0.5) is 0 Å². The van der Waals surface area contributed by atoms with Crippen LogP contribution in [0.1, 0.15) is 21.8 Å². The van der Waals surface area contributed by atoms with Crippen molar-refractivity contribution in [3.05, 3.63) is 56.4 Å².